The van der Waals surface area contributed by atoms with Crippen molar-refractivity contribution in [1.29, 1.82) is 0 Å². The van der Waals surface area contributed by atoms with Gasteiger partial charge in [0.15, 0.2) is 0 Å². The average Bonchev–Trinajstić information content (AvgIpc) is 3.36. The first-order valence-corrected chi connectivity index (χ1v) is 14.0. The van der Waals surface area contributed by atoms with E-state index < -0.39 is 0 Å². The molecule has 0 aliphatic carbocycles. The lowest BCUT2D eigenvalue weighted by Gasteiger charge is -2.42. The van der Waals surface area contributed by atoms with Gasteiger partial charge in [-0.2, -0.15) is 0 Å². The molecule has 3 aromatic heterocycles. The summed E-state index contributed by atoms with van der Waals surface area (Å²) in [5, 5.41) is 2.36. The first-order valence-electron chi connectivity index (χ1n) is 14.0. The fourth-order valence-electron chi connectivity index (χ4n) is 6.52. The fourth-order valence-corrected chi connectivity index (χ4v) is 6.52. The minimum absolute atomic E-state index is 0.153. The summed E-state index contributed by atoms with van der Waals surface area (Å²) >= 11 is 0. The van der Waals surface area contributed by atoms with E-state index >= 15 is 0 Å². The third-order valence-electron chi connectivity index (χ3n) is 8.47. The van der Waals surface area contributed by atoms with E-state index in [1.54, 1.807) is 0 Å². The number of hydrogen-bond acceptors (Lipinski definition) is 3. The van der Waals surface area contributed by atoms with Crippen LogP contribution in [0.3, 0.4) is 0 Å². The Morgan fingerprint density at radius 2 is 1.32 bits per heavy atom. The molecule has 41 heavy (non-hydrogen) atoms. The van der Waals surface area contributed by atoms with Crippen LogP contribution in [0.5, 0.6) is 0 Å². The molecule has 4 heteroatoms. The number of benzene rings is 4. The van der Waals surface area contributed by atoms with E-state index in [2.05, 4.69) is 131 Å². The van der Waals surface area contributed by atoms with Crippen LogP contribution in [0.25, 0.3) is 38.9 Å². The number of fused-ring (bicyclic) bond motifs is 5. The minimum Gasteiger partial charge on any atom is -0.310 e. The Balaban J connectivity index is 1.38. The van der Waals surface area contributed by atoms with Gasteiger partial charge in [0, 0.05) is 45.5 Å². The first-order chi connectivity index (χ1) is 20.1. The Labute approximate surface area is 239 Å². The van der Waals surface area contributed by atoms with Crippen LogP contribution in [0.4, 0.5) is 17.1 Å². The zero-order chi connectivity index (χ0) is 27.6. The number of hydrogen-bond donors (Lipinski definition) is 0. The molecule has 0 bridgehead atoms. The third-order valence-corrected chi connectivity index (χ3v) is 8.47. The van der Waals surface area contributed by atoms with Gasteiger partial charge < -0.3 is 4.90 Å². The molecule has 1 aliphatic heterocycles. The number of para-hydroxylation sites is 2. The second-order valence-corrected chi connectivity index (χ2v) is 11.2. The van der Waals surface area contributed by atoms with Crippen LogP contribution in [0.15, 0.2) is 134 Å². The number of aromatic nitrogens is 3. The first kappa shape index (κ1) is 23.6. The standard InChI is InChI=1S/C37H28N4/c1-37(2)30-15-4-6-18-34(30)40(35-23-25(19-20-31(35)37)32-16-7-8-21-38-32)26-11-9-12-27(24-26)41-33-17-5-3-13-28(33)29-14-10-22-39-36(29)41/h3-24H,1-2H3. The monoisotopic (exact) mass is 528 g/mol. The van der Waals surface area contributed by atoms with Gasteiger partial charge in [0.2, 0.25) is 0 Å². The van der Waals surface area contributed by atoms with Crippen molar-refractivity contribution >= 4 is 39.0 Å². The Morgan fingerprint density at radius 3 is 2.22 bits per heavy atom. The predicted octanol–water partition coefficient (Wildman–Crippen LogP) is 9.35. The van der Waals surface area contributed by atoms with E-state index in [-0.39, 0.29) is 5.41 Å². The van der Waals surface area contributed by atoms with Crippen molar-refractivity contribution in [3.05, 3.63) is 145 Å². The Hall–Kier alpha value is -5.22. The summed E-state index contributed by atoms with van der Waals surface area (Å²) in [6.07, 6.45) is 3.73. The number of rotatable bonds is 3. The Bertz CT molecular complexity index is 2040. The van der Waals surface area contributed by atoms with Crippen molar-refractivity contribution in [2.75, 3.05) is 4.90 Å². The number of nitrogens with zero attached hydrogens (tertiary/aromatic N) is 4. The lowest BCUT2D eigenvalue weighted by molar-refractivity contribution is 0.632. The molecule has 8 rings (SSSR count). The lowest BCUT2D eigenvalue weighted by Crippen LogP contribution is -2.30. The fraction of sp³-hybridized carbons (Fsp3) is 0.0811. The van der Waals surface area contributed by atoms with Crippen LogP contribution in [0, 0.1) is 0 Å². The normalized spacial score (nSPS) is 13.8. The SMILES string of the molecule is CC1(C)c2ccccc2N(c2cccc(-n3c4ccccc4c4cccnc43)c2)c2cc(-c3ccccn3)ccc21. The molecular formula is C37H28N4. The maximum absolute atomic E-state index is 4.82. The predicted molar refractivity (Wildman–Crippen MR) is 169 cm³/mol. The van der Waals surface area contributed by atoms with Crippen molar-refractivity contribution < 1.29 is 0 Å². The molecular weight excluding hydrogens is 500 g/mol. The Kier molecular flexibility index (Phi) is 5.13. The van der Waals surface area contributed by atoms with Crippen LogP contribution in [0.2, 0.25) is 0 Å². The average molecular weight is 529 g/mol. The summed E-state index contributed by atoms with van der Waals surface area (Å²) in [5.74, 6) is 0. The maximum atomic E-state index is 4.82. The summed E-state index contributed by atoms with van der Waals surface area (Å²) in [7, 11) is 0. The van der Waals surface area contributed by atoms with Crippen molar-refractivity contribution in [1.82, 2.24) is 14.5 Å². The van der Waals surface area contributed by atoms with E-state index in [0.717, 1.165) is 39.2 Å². The molecule has 0 atom stereocenters. The molecule has 4 aromatic carbocycles. The van der Waals surface area contributed by atoms with Crippen LogP contribution in [0.1, 0.15) is 25.0 Å². The minimum atomic E-state index is -0.153. The molecule has 0 saturated heterocycles. The molecule has 0 saturated carbocycles. The van der Waals surface area contributed by atoms with Gasteiger partial charge in [-0.15, -0.1) is 0 Å². The highest BCUT2D eigenvalue weighted by Crippen LogP contribution is 2.52. The smallest absolute Gasteiger partial charge is 0.145 e. The largest absolute Gasteiger partial charge is 0.310 e. The second-order valence-electron chi connectivity index (χ2n) is 11.2. The highest BCUT2D eigenvalue weighted by atomic mass is 15.2. The molecule has 4 heterocycles. The van der Waals surface area contributed by atoms with Gasteiger partial charge in [-0.1, -0.05) is 74.5 Å². The maximum Gasteiger partial charge on any atom is 0.145 e. The van der Waals surface area contributed by atoms with E-state index in [1.165, 1.54) is 27.9 Å². The number of anilines is 3. The second kappa shape index (κ2) is 8.90. The summed E-state index contributed by atoms with van der Waals surface area (Å²) in [6, 6.07) is 43.2. The van der Waals surface area contributed by atoms with Gasteiger partial charge >= 0.3 is 0 Å². The summed E-state index contributed by atoms with van der Waals surface area (Å²) < 4.78 is 2.28. The zero-order valence-electron chi connectivity index (χ0n) is 23.0. The van der Waals surface area contributed by atoms with Gasteiger partial charge in [-0.25, -0.2) is 4.98 Å². The van der Waals surface area contributed by atoms with Gasteiger partial charge in [-0.05, 0) is 71.8 Å². The van der Waals surface area contributed by atoms with Crippen molar-refractivity contribution in [3.63, 3.8) is 0 Å². The number of pyridine rings is 2. The van der Waals surface area contributed by atoms with Crippen molar-refractivity contribution in [2.24, 2.45) is 0 Å². The van der Waals surface area contributed by atoms with Crippen molar-refractivity contribution in [3.8, 4) is 16.9 Å². The van der Waals surface area contributed by atoms with Crippen LogP contribution < -0.4 is 4.90 Å². The molecule has 0 spiro atoms. The topological polar surface area (TPSA) is 34.0 Å². The molecule has 4 nitrogen and oxygen atoms in total. The molecule has 0 fully saturated rings. The van der Waals surface area contributed by atoms with Crippen LogP contribution in [-0.4, -0.2) is 14.5 Å². The molecule has 196 valence electrons. The third kappa shape index (κ3) is 3.54. The molecule has 0 radical (unpaired) electrons. The highest BCUT2D eigenvalue weighted by Gasteiger charge is 2.37. The molecule has 0 unspecified atom stereocenters. The van der Waals surface area contributed by atoms with Crippen molar-refractivity contribution in [2.45, 2.75) is 19.3 Å². The van der Waals surface area contributed by atoms with E-state index in [9.17, 15) is 0 Å². The molecule has 7 aromatic rings. The van der Waals surface area contributed by atoms with E-state index in [0.29, 0.717) is 0 Å². The molecule has 0 amide bonds. The zero-order valence-corrected chi connectivity index (χ0v) is 23.0. The quantitative estimate of drug-likeness (QED) is 0.229. The molecule has 1 aliphatic rings. The highest BCUT2D eigenvalue weighted by molar-refractivity contribution is 6.07. The lowest BCUT2D eigenvalue weighted by atomic mass is 9.73. The van der Waals surface area contributed by atoms with E-state index in [1.807, 2.05) is 30.6 Å². The molecule has 0 N–H and O–H groups in total. The van der Waals surface area contributed by atoms with Crippen LogP contribution in [-0.2, 0) is 5.41 Å². The van der Waals surface area contributed by atoms with Gasteiger partial charge in [0.1, 0.15) is 5.65 Å². The van der Waals surface area contributed by atoms with Crippen LogP contribution >= 0.6 is 0 Å². The summed E-state index contributed by atoms with van der Waals surface area (Å²) in [5.41, 5.74) is 11.2. The summed E-state index contributed by atoms with van der Waals surface area (Å²) in [4.78, 5) is 11.9. The Morgan fingerprint density at radius 1 is 0.561 bits per heavy atom. The van der Waals surface area contributed by atoms with E-state index in [4.69, 9.17) is 4.98 Å². The van der Waals surface area contributed by atoms with Gasteiger partial charge in [-0.3, -0.25) is 9.55 Å². The summed E-state index contributed by atoms with van der Waals surface area (Å²) in [6.45, 7) is 4.64. The van der Waals surface area contributed by atoms with Gasteiger partial charge in [0.25, 0.3) is 0 Å². The van der Waals surface area contributed by atoms with Gasteiger partial charge in [0.05, 0.1) is 22.6 Å².